The summed E-state index contributed by atoms with van der Waals surface area (Å²) in [7, 11) is 1.71. The fraction of sp³-hybridized carbons (Fsp3) is 0.600. The Bertz CT molecular complexity index is 341. The van der Waals surface area contributed by atoms with Crippen LogP contribution in [0, 0.1) is 0 Å². The van der Waals surface area contributed by atoms with E-state index in [1.807, 2.05) is 18.2 Å². The first-order valence-corrected chi connectivity index (χ1v) is 7.19. The van der Waals surface area contributed by atoms with E-state index in [9.17, 15) is 0 Å². The van der Waals surface area contributed by atoms with E-state index in [4.69, 9.17) is 16.3 Å². The predicted molar refractivity (Wildman–Crippen MR) is 78.7 cm³/mol. The van der Waals surface area contributed by atoms with E-state index >= 15 is 0 Å². The zero-order chi connectivity index (χ0) is 13.2. The molecule has 1 rings (SSSR count). The number of methoxy groups -OCH3 is 1. The Morgan fingerprint density at radius 1 is 1.17 bits per heavy atom. The molecule has 1 aromatic carbocycles. The molecule has 0 unspecified atom stereocenters. The Morgan fingerprint density at radius 2 is 1.94 bits per heavy atom. The standard InChI is InChI=1S/C15H24ClNO/c1-3-17-11-7-5-4-6-8-13-12-14(16)9-10-15(13)18-2/h9-10,12,17H,3-8,11H2,1-2H3. The summed E-state index contributed by atoms with van der Waals surface area (Å²) in [4.78, 5) is 0. The van der Waals surface area contributed by atoms with Crippen LogP contribution in [0.4, 0.5) is 0 Å². The van der Waals surface area contributed by atoms with E-state index < -0.39 is 0 Å². The number of nitrogens with one attached hydrogen (secondary N) is 1. The molecule has 0 heterocycles. The minimum absolute atomic E-state index is 0.790. The van der Waals surface area contributed by atoms with Crippen molar-refractivity contribution >= 4 is 11.6 Å². The number of benzene rings is 1. The van der Waals surface area contributed by atoms with Gasteiger partial charge < -0.3 is 10.1 Å². The van der Waals surface area contributed by atoms with E-state index in [-0.39, 0.29) is 0 Å². The van der Waals surface area contributed by atoms with Crippen molar-refractivity contribution in [1.29, 1.82) is 0 Å². The van der Waals surface area contributed by atoms with Gasteiger partial charge in [-0.15, -0.1) is 0 Å². The average Bonchev–Trinajstić information content (AvgIpc) is 2.38. The molecule has 0 aromatic heterocycles. The smallest absolute Gasteiger partial charge is 0.122 e. The Labute approximate surface area is 116 Å². The summed E-state index contributed by atoms with van der Waals surface area (Å²) >= 11 is 6.01. The Kier molecular flexibility index (Phi) is 7.86. The van der Waals surface area contributed by atoms with Crippen LogP contribution < -0.4 is 10.1 Å². The van der Waals surface area contributed by atoms with E-state index in [0.717, 1.165) is 30.3 Å². The first-order chi connectivity index (χ1) is 8.77. The molecule has 1 N–H and O–H groups in total. The fourth-order valence-corrected chi connectivity index (χ4v) is 2.23. The van der Waals surface area contributed by atoms with E-state index in [0.29, 0.717) is 0 Å². The van der Waals surface area contributed by atoms with Crippen molar-refractivity contribution in [3.05, 3.63) is 28.8 Å². The third kappa shape index (κ3) is 5.74. The molecule has 0 aliphatic heterocycles. The van der Waals surface area contributed by atoms with Crippen LogP contribution >= 0.6 is 11.6 Å². The van der Waals surface area contributed by atoms with E-state index in [1.165, 1.54) is 31.2 Å². The third-order valence-electron chi connectivity index (χ3n) is 3.04. The van der Waals surface area contributed by atoms with E-state index in [1.54, 1.807) is 7.11 Å². The molecular formula is C15H24ClNO. The van der Waals surface area contributed by atoms with Gasteiger partial charge in [0.2, 0.25) is 0 Å². The van der Waals surface area contributed by atoms with Gasteiger partial charge in [-0.1, -0.05) is 31.4 Å². The predicted octanol–water partition coefficient (Wildman–Crippen LogP) is 4.06. The second kappa shape index (κ2) is 9.23. The number of rotatable bonds is 9. The minimum Gasteiger partial charge on any atom is -0.496 e. The molecule has 18 heavy (non-hydrogen) atoms. The molecule has 0 spiro atoms. The van der Waals surface area contributed by atoms with Crippen molar-refractivity contribution in [1.82, 2.24) is 5.32 Å². The number of hydrogen-bond donors (Lipinski definition) is 1. The van der Waals surface area contributed by atoms with Crippen LogP contribution in [0.2, 0.25) is 5.02 Å². The van der Waals surface area contributed by atoms with Crippen LogP contribution in [0.1, 0.15) is 38.2 Å². The largest absolute Gasteiger partial charge is 0.496 e. The van der Waals surface area contributed by atoms with Crippen molar-refractivity contribution in [3.8, 4) is 5.75 Å². The highest BCUT2D eigenvalue weighted by Crippen LogP contribution is 2.24. The Balaban J connectivity index is 2.24. The zero-order valence-electron chi connectivity index (χ0n) is 11.5. The van der Waals surface area contributed by atoms with Crippen LogP contribution in [0.3, 0.4) is 0 Å². The maximum absolute atomic E-state index is 6.01. The lowest BCUT2D eigenvalue weighted by molar-refractivity contribution is 0.408. The molecular weight excluding hydrogens is 246 g/mol. The zero-order valence-corrected chi connectivity index (χ0v) is 12.2. The van der Waals surface area contributed by atoms with Crippen LogP contribution in [0.15, 0.2) is 18.2 Å². The molecule has 0 aliphatic carbocycles. The lowest BCUT2D eigenvalue weighted by Crippen LogP contribution is -2.13. The first-order valence-electron chi connectivity index (χ1n) is 6.81. The van der Waals surface area contributed by atoms with Crippen molar-refractivity contribution in [2.24, 2.45) is 0 Å². The summed E-state index contributed by atoms with van der Waals surface area (Å²) in [6.07, 6.45) is 6.06. The number of ether oxygens (including phenoxy) is 1. The molecule has 2 nitrogen and oxygen atoms in total. The molecule has 0 radical (unpaired) electrons. The van der Waals surface area contributed by atoms with Crippen molar-refractivity contribution in [2.45, 2.75) is 39.0 Å². The maximum atomic E-state index is 6.01. The Hall–Kier alpha value is -0.730. The van der Waals surface area contributed by atoms with Gasteiger partial charge in [0, 0.05) is 5.02 Å². The number of halogens is 1. The molecule has 1 aromatic rings. The normalized spacial score (nSPS) is 10.6. The number of hydrogen-bond acceptors (Lipinski definition) is 2. The van der Waals surface area contributed by atoms with Gasteiger partial charge in [0.25, 0.3) is 0 Å². The van der Waals surface area contributed by atoms with Gasteiger partial charge in [0.05, 0.1) is 7.11 Å². The maximum Gasteiger partial charge on any atom is 0.122 e. The highest BCUT2D eigenvalue weighted by molar-refractivity contribution is 6.30. The molecule has 102 valence electrons. The molecule has 0 bridgehead atoms. The van der Waals surface area contributed by atoms with Crippen LogP contribution in [-0.2, 0) is 6.42 Å². The lowest BCUT2D eigenvalue weighted by atomic mass is 10.1. The van der Waals surface area contributed by atoms with Gasteiger partial charge in [-0.2, -0.15) is 0 Å². The van der Waals surface area contributed by atoms with Gasteiger partial charge in [-0.3, -0.25) is 0 Å². The quantitative estimate of drug-likeness (QED) is 0.683. The van der Waals surface area contributed by atoms with E-state index in [2.05, 4.69) is 12.2 Å². The van der Waals surface area contributed by atoms with Crippen molar-refractivity contribution < 1.29 is 4.74 Å². The summed E-state index contributed by atoms with van der Waals surface area (Å²) in [5.41, 5.74) is 1.22. The first kappa shape index (κ1) is 15.3. The summed E-state index contributed by atoms with van der Waals surface area (Å²) in [5.74, 6) is 0.951. The summed E-state index contributed by atoms with van der Waals surface area (Å²) in [5, 5.41) is 4.13. The summed E-state index contributed by atoms with van der Waals surface area (Å²) in [6.45, 7) is 4.35. The van der Waals surface area contributed by atoms with Gasteiger partial charge in [-0.05, 0) is 56.1 Å². The van der Waals surface area contributed by atoms with Gasteiger partial charge in [0.1, 0.15) is 5.75 Å². The molecule has 0 saturated carbocycles. The van der Waals surface area contributed by atoms with Crippen LogP contribution in [-0.4, -0.2) is 20.2 Å². The average molecular weight is 270 g/mol. The topological polar surface area (TPSA) is 21.3 Å². The highest BCUT2D eigenvalue weighted by atomic mass is 35.5. The second-order valence-corrected chi connectivity index (χ2v) is 4.91. The SMILES string of the molecule is CCNCCCCCCc1cc(Cl)ccc1OC. The van der Waals surface area contributed by atoms with Crippen LogP contribution in [0.25, 0.3) is 0 Å². The van der Waals surface area contributed by atoms with Crippen LogP contribution in [0.5, 0.6) is 5.75 Å². The third-order valence-corrected chi connectivity index (χ3v) is 3.28. The lowest BCUT2D eigenvalue weighted by Gasteiger charge is -2.08. The molecule has 3 heteroatoms. The number of unbranched alkanes of at least 4 members (excludes halogenated alkanes) is 3. The fourth-order valence-electron chi connectivity index (χ4n) is 2.04. The molecule has 0 fully saturated rings. The van der Waals surface area contributed by atoms with Crippen molar-refractivity contribution in [2.75, 3.05) is 20.2 Å². The molecule has 0 saturated heterocycles. The minimum atomic E-state index is 0.790. The van der Waals surface area contributed by atoms with Crippen molar-refractivity contribution in [3.63, 3.8) is 0 Å². The second-order valence-electron chi connectivity index (χ2n) is 4.47. The summed E-state index contributed by atoms with van der Waals surface area (Å²) < 4.78 is 5.34. The summed E-state index contributed by atoms with van der Waals surface area (Å²) in [6, 6.07) is 5.84. The van der Waals surface area contributed by atoms with Gasteiger partial charge >= 0.3 is 0 Å². The number of aryl methyl sites for hydroxylation is 1. The molecule has 0 atom stereocenters. The monoisotopic (exact) mass is 269 g/mol. The molecule has 0 aliphatic rings. The Morgan fingerprint density at radius 3 is 2.67 bits per heavy atom. The molecule has 0 amide bonds. The highest BCUT2D eigenvalue weighted by Gasteiger charge is 2.03. The van der Waals surface area contributed by atoms with Gasteiger partial charge in [-0.25, -0.2) is 0 Å². The van der Waals surface area contributed by atoms with Gasteiger partial charge in [0.15, 0.2) is 0 Å².